The number of aliphatic imine (C=N–C) groups is 1. The minimum absolute atomic E-state index is 0.181. The van der Waals surface area contributed by atoms with Gasteiger partial charge in [0.25, 0.3) is 10.0 Å². The van der Waals surface area contributed by atoms with Crippen LogP contribution in [0.4, 0.5) is 0 Å². The van der Waals surface area contributed by atoms with E-state index in [9.17, 15) is 8.42 Å². The van der Waals surface area contributed by atoms with Crippen LogP contribution in [-0.2, 0) is 16.4 Å². The van der Waals surface area contributed by atoms with E-state index in [1.54, 1.807) is 35.6 Å². The van der Waals surface area contributed by atoms with Gasteiger partial charge in [-0.05, 0) is 25.5 Å². The van der Waals surface area contributed by atoms with Crippen LogP contribution in [0.2, 0.25) is 0 Å². The number of nitrogens with one attached hydrogen (secondary N) is 1. The lowest BCUT2D eigenvalue weighted by atomic mass is 10.2. The van der Waals surface area contributed by atoms with Crippen molar-refractivity contribution in [3.8, 4) is 0 Å². The van der Waals surface area contributed by atoms with Crippen LogP contribution in [-0.4, -0.2) is 19.2 Å². The van der Waals surface area contributed by atoms with Gasteiger partial charge in [0.2, 0.25) is 0 Å². The highest BCUT2D eigenvalue weighted by Gasteiger charge is 2.30. The molecular weight excluding hydrogens is 306 g/mol. The van der Waals surface area contributed by atoms with E-state index in [4.69, 9.17) is 0 Å². The standard InChI is InChI=1S/C14H15N3O2S2/c1-3-10-8-15-14(20-10)9(2)16-13-11-6-4-5-7-12(11)21(18,19)17-13/h4-9H,3H2,1-2H3,(H,16,17). The quantitative estimate of drug-likeness (QED) is 0.944. The molecule has 0 saturated heterocycles. The number of sulfonamides is 1. The molecule has 0 saturated carbocycles. The largest absolute Gasteiger partial charge is 0.263 e. The fourth-order valence-corrected chi connectivity index (χ4v) is 4.24. The van der Waals surface area contributed by atoms with Gasteiger partial charge in [0.05, 0.1) is 4.90 Å². The maximum atomic E-state index is 12.0. The Morgan fingerprint density at radius 2 is 2.14 bits per heavy atom. The molecule has 0 bridgehead atoms. The van der Waals surface area contributed by atoms with Crippen LogP contribution in [0.15, 0.2) is 40.4 Å². The monoisotopic (exact) mass is 321 g/mol. The Balaban J connectivity index is 1.98. The van der Waals surface area contributed by atoms with E-state index in [0.29, 0.717) is 11.4 Å². The lowest BCUT2D eigenvalue weighted by molar-refractivity contribution is 0.595. The Bertz CT molecular complexity index is 809. The number of thiazole rings is 1. The van der Waals surface area contributed by atoms with Crippen molar-refractivity contribution in [3.05, 3.63) is 45.9 Å². The Labute approximate surface area is 127 Å². The first-order valence-electron chi connectivity index (χ1n) is 6.66. The summed E-state index contributed by atoms with van der Waals surface area (Å²) in [6.07, 6.45) is 2.79. The lowest BCUT2D eigenvalue weighted by Gasteiger charge is -2.04. The third kappa shape index (κ3) is 2.58. The van der Waals surface area contributed by atoms with Crippen molar-refractivity contribution < 1.29 is 8.42 Å². The summed E-state index contributed by atoms with van der Waals surface area (Å²) in [5.41, 5.74) is 0.622. The second-order valence-corrected chi connectivity index (χ2v) is 7.57. The highest BCUT2D eigenvalue weighted by atomic mass is 32.2. The van der Waals surface area contributed by atoms with Gasteiger partial charge in [-0.1, -0.05) is 19.1 Å². The van der Waals surface area contributed by atoms with Crippen LogP contribution in [0.25, 0.3) is 0 Å². The molecule has 1 aromatic carbocycles. The molecular formula is C14H15N3O2S2. The highest BCUT2D eigenvalue weighted by molar-refractivity contribution is 7.90. The van der Waals surface area contributed by atoms with E-state index in [2.05, 4.69) is 21.6 Å². The smallest absolute Gasteiger partial charge is 0.263 e. The SMILES string of the molecule is CCc1cnc(C(C)N=C2NS(=O)(=O)c3ccccc32)s1. The first kappa shape index (κ1) is 14.2. The van der Waals surface area contributed by atoms with Crippen LogP contribution in [0, 0.1) is 0 Å². The van der Waals surface area contributed by atoms with E-state index in [0.717, 1.165) is 11.4 Å². The second kappa shape index (κ2) is 5.23. The van der Waals surface area contributed by atoms with E-state index >= 15 is 0 Å². The molecule has 1 atom stereocenters. The fraction of sp³-hybridized carbons (Fsp3) is 0.286. The van der Waals surface area contributed by atoms with Crippen LogP contribution < -0.4 is 4.72 Å². The average Bonchev–Trinajstić information content (AvgIpc) is 3.03. The molecule has 2 aromatic rings. The number of nitrogens with zero attached hydrogens (tertiary/aromatic N) is 2. The predicted molar refractivity (Wildman–Crippen MR) is 83.2 cm³/mol. The van der Waals surface area contributed by atoms with Gasteiger partial charge in [-0.2, -0.15) is 0 Å². The summed E-state index contributed by atoms with van der Waals surface area (Å²) in [5, 5.41) is 0.892. The topological polar surface area (TPSA) is 71.4 Å². The molecule has 0 radical (unpaired) electrons. The maximum Gasteiger partial charge on any atom is 0.263 e. The number of hydrogen-bond donors (Lipinski definition) is 1. The van der Waals surface area contributed by atoms with E-state index in [1.807, 2.05) is 13.1 Å². The Morgan fingerprint density at radius 3 is 2.86 bits per heavy atom. The number of amidine groups is 1. The molecule has 0 spiro atoms. The number of fused-ring (bicyclic) bond motifs is 1. The summed E-state index contributed by atoms with van der Waals surface area (Å²) in [4.78, 5) is 10.3. The van der Waals surface area contributed by atoms with Crippen molar-refractivity contribution >= 4 is 27.2 Å². The summed E-state index contributed by atoms with van der Waals surface area (Å²) in [5.74, 6) is 0.395. The summed E-state index contributed by atoms with van der Waals surface area (Å²) >= 11 is 1.61. The molecule has 5 nitrogen and oxygen atoms in total. The Morgan fingerprint density at radius 1 is 1.38 bits per heavy atom. The summed E-state index contributed by atoms with van der Waals surface area (Å²) in [6, 6.07) is 6.68. The molecule has 0 amide bonds. The lowest BCUT2D eigenvalue weighted by Crippen LogP contribution is -2.22. The summed E-state index contributed by atoms with van der Waals surface area (Å²) < 4.78 is 26.6. The van der Waals surface area contributed by atoms with E-state index < -0.39 is 10.0 Å². The number of hydrogen-bond acceptors (Lipinski definition) is 5. The third-order valence-corrected chi connectivity index (χ3v) is 5.97. The minimum Gasteiger partial charge on any atom is -0.263 e. The van der Waals surface area contributed by atoms with Crippen LogP contribution in [0.5, 0.6) is 0 Å². The molecule has 0 fully saturated rings. The molecule has 110 valence electrons. The van der Waals surface area contributed by atoms with Gasteiger partial charge in [0.15, 0.2) is 0 Å². The highest BCUT2D eigenvalue weighted by Crippen LogP contribution is 2.27. The van der Waals surface area contributed by atoms with E-state index in [1.165, 1.54) is 4.88 Å². The molecule has 2 heterocycles. The van der Waals surface area contributed by atoms with Gasteiger partial charge in [0.1, 0.15) is 16.9 Å². The fourth-order valence-electron chi connectivity index (χ4n) is 2.16. The molecule has 0 aliphatic carbocycles. The van der Waals surface area contributed by atoms with Crippen molar-refractivity contribution in [2.75, 3.05) is 0 Å². The van der Waals surface area contributed by atoms with Crippen LogP contribution in [0.1, 0.15) is 35.3 Å². The van der Waals surface area contributed by atoms with Gasteiger partial charge in [-0.3, -0.25) is 9.71 Å². The van der Waals surface area contributed by atoms with Gasteiger partial charge in [-0.15, -0.1) is 11.3 Å². The maximum absolute atomic E-state index is 12.0. The van der Waals surface area contributed by atoms with Crippen molar-refractivity contribution in [2.45, 2.75) is 31.2 Å². The number of benzene rings is 1. The molecule has 1 unspecified atom stereocenters. The first-order chi connectivity index (χ1) is 10.0. The number of aryl methyl sites for hydroxylation is 1. The summed E-state index contributed by atoms with van der Waals surface area (Å²) in [7, 11) is -3.48. The average molecular weight is 321 g/mol. The zero-order valence-electron chi connectivity index (χ0n) is 11.7. The number of rotatable bonds is 3. The third-order valence-electron chi connectivity index (χ3n) is 3.26. The predicted octanol–water partition coefficient (Wildman–Crippen LogP) is 2.51. The normalized spacial score (nSPS) is 19.2. The van der Waals surface area contributed by atoms with Crippen molar-refractivity contribution in [1.29, 1.82) is 0 Å². The van der Waals surface area contributed by atoms with Gasteiger partial charge in [-0.25, -0.2) is 13.4 Å². The zero-order chi connectivity index (χ0) is 15.0. The Hall–Kier alpha value is -1.73. The van der Waals surface area contributed by atoms with Crippen molar-refractivity contribution in [3.63, 3.8) is 0 Å². The van der Waals surface area contributed by atoms with E-state index in [-0.39, 0.29) is 10.9 Å². The molecule has 1 N–H and O–H groups in total. The minimum atomic E-state index is -3.48. The second-order valence-electron chi connectivity index (χ2n) is 4.77. The van der Waals surface area contributed by atoms with Crippen molar-refractivity contribution in [2.24, 2.45) is 4.99 Å². The Kier molecular flexibility index (Phi) is 3.54. The van der Waals surface area contributed by atoms with Gasteiger partial charge in [0, 0.05) is 16.6 Å². The molecule has 21 heavy (non-hydrogen) atoms. The molecule has 7 heteroatoms. The zero-order valence-corrected chi connectivity index (χ0v) is 13.3. The van der Waals surface area contributed by atoms with Gasteiger partial charge >= 0.3 is 0 Å². The molecule has 1 aromatic heterocycles. The van der Waals surface area contributed by atoms with Crippen molar-refractivity contribution in [1.82, 2.24) is 9.71 Å². The van der Waals surface area contributed by atoms with Crippen LogP contribution >= 0.6 is 11.3 Å². The number of aromatic nitrogens is 1. The molecule has 1 aliphatic heterocycles. The molecule has 1 aliphatic rings. The molecule has 3 rings (SSSR count). The summed E-state index contributed by atoms with van der Waals surface area (Å²) in [6.45, 7) is 4.00. The first-order valence-corrected chi connectivity index (χ1v) is 8.96. The van der Waals surface area contributed by atoms with Crippen LogP contribution in [0.3, 0.4) is 0 Å². The van der Waals surface area contributed by atoms with Gasteiger partial charge < -0.3 is 0 Å².